The van der Waals surface area contributed by atoms with Gasteiger partial charge in [0, 0.05) is 12.6 Å². The third kappa shape index (κ3) is 2.95. The molecular formula is C12H24N2O2. The maximum Gasteiger partial charge on any atom is 0.307 e. The number of likely N-dealkylation sites (tertiary alicyclic amines) is 1. The predicted octanol–water partition coefficient (Wildman–Crippen LogP) is 1.01. The Hall–Kier alpha value is -0.610. The van der Waals surface area contributed by atoms with Crippen LogP contribution in [0.25, 0.3) is 0 Å². The van der Waals surface area contributed by atoms with Gasteiger partial charge in [-0.05, 0) is 38.3 Å². The highest BCUT2D eigenvalue weighted by Crippen LogP contribution is 2.25. The first-order chi connectivity index (χ1) is 7.47. The second-order valence-corrected chi connectivity index (χ2v) is 5.12. The second kappa shape index (κ2) is 5.64. The van der Waals surface area contributed by atoms with Crippen molar-refractivity contribution in [2.75, 3.05) is 19.6 Å². The minimum absolute atomic E-state index is 0.0963. The van der Waals surface area contributed by atoms with Crippen LogP contribution in [0.5, 0.6) is 0 Å². The Bertz CT molecular complexity index is 245. The molecule has 4 unspecified atom stereocenters. The molecular weight excluding hydrogens is 204 g/mol. The molecule has 4 atom stereocenters. The van der Waals surface area contributed by atoms with E-state index in [0.29, 0.717) is 18.4 Å². The summed E-state index contributed by atoms with van der Waals surface area (Å²) in [6.45, 7) is 8.66. The summed E-state index contributed by atoms with van der Waals surface area (Å²) >= 11 is 0. The van der Waals surface area contributed by atoms with Gasteiger partial charge >= 0.3 is 5.97 Å². The second-order valence-electron chi connectivity index (χ2n) is 5.12. The fourth-order valence-corrected chi connectivity index (χ4v) is 2.38. The van der Waals surface area contributed by atoms with E-state index in [1.165, 1.54) is 0 Å². The molecule has 1 heterocycles. The zero-order chi connectivity index (χ0) is 12.3. The SMILES string of the molecule is CC1CCN(C(C)C(C)C(=O)O)CC1CN. The van der Waals surface area contributed by atoms with Crippen LogP contribution in [-0.2, 0) is 4.79 Å². The number of hydrogen-bond donors (Lipinski definition) is 2. The highest BCUT2D eigenvalue weighted by atomic mass is 16.4. The van der Waals surface area contributed by atoms with Crippen LogP contribution < -0.4 is 5.73 Å². The van der Waals surface area contributed by atoms with E-state index in [2.05, 4.69) is 11.8 Å². The molecule has 16 heavy (non-hydrogen) atoms. The van der Waals surface area contributed by atoms with E-state index in [4.69, 9.17) is 10.8 Å². The molecule has 1 rings (SSSR count). The number of nitrogens with zero attached hydrogens (tertiary/aromatic N) is 1. The summed E-state index contributed by atoms with van der Waals surface area (Å²) in [5.41, 5.74) is 5.75. The van der Waals surface area contributed by atoms with Crippen molar-refractivity contribution < 1.29 is 9.90 Å². The monoisotopic (exact) mass is 228 g/mol. The van der Waals surface area contributed by atoms with Gasteiger partial charge in [-0.2, -0.15) is 0 Å². The van der Waals surface area contributed by atoms with Crippen molar-refractivity contribution in [3.63, 3.8) is 0 Å². The zero-order valence-corrected chi connectivity index (χ0v) is 10.5. The number of nitrogens with two attached hydrogens (primary N) is 1. The largest absolute Gasteiger partial charge is 0.481 e. The van der Waals surface area contributed by atoms with Crippen LogP contribution in [0.15, 0.2) is 0 Å². The molecule has 0 aromatic rings. The molecule has 3 N–H and O–H groups in total. The van der Waals surface area contributed by atoms with Crippen molar-refractivity contribution in [1.82, 2.24) is 4.90 Å². The molecule has 1 saturated heterocycles. The minimum atomic E-state index is -0.713. The third-order valence-electron chi connectivity index (χ3n) is 4.14. The molecule has 0 saturated carbocycles. The smallest absolute Gasteiger partial charge is 0.307 e. The lowest BCUT2D eigenvalue weighted by molar-refractivity contribution is -0.143. The van der Waals surface area contributed by atoms with Crippen LogP contribution in [0, 0.1) is 17.8 Å². The fourth-order valence-electron chi connectivity index (χ4n) is 2.38. The Balaban J connectivity index is 2.57. The van der Waals surface area contributed by atoms with E-state index in [1.807, 2.05) is 6.92 Å². The summed E-state index contributed by atoms with van der Waals surface area (Å²) < 4.78 is 0. The van der Waals surface area contributed by atoms with Crippen molar-refractivity contribution >= 4 is 5.97 Å². The number of aliphatic carboxylic acids is 1. The van der Waals surface area contributed by atoms with Crippen molar-refractivity contribution in [1.29, 1.82) is 0 Å². The summed E-state index contributed by atoms with van der Waals surface area (Å²) in [6.07, 6.45) is 1.12. The Morgan fingerprint density at radius 1 is 1.56 bits per heavy atom. The van der Waals surface area contributed by atoms with Crippen LogP contribution in [0.4, 0.5) is 0 Å². The van der Waals surface area contributed by atoms with E-state index in [9.17, 15) is 4.79 Å². The van der Waals surface area contributed by atoms with E-state index in [-0.39, 0.29) is 12.0 Å². The highest BCUT2D eigenvalue weighted by molar-refractivity contribution is 5.70. The number of carboxylic acids is 1. The molecule has 0 amide bonds. The quantitative estimate of drug-likeness (QED) is 0.753. The predicted molar refractivity (Wildman–Crippen MR) is 64.2 cm³/mol. The summed E-state index contributed by atoms with van der Waals surface area (Å²) in [4.78, 5) is 13.2. The van der Waals surface area contributed by atoms with Crippen molar-refractivity contribution in [3.8, 4) is 0 Å². The number of piperidine rings is 1. The first kappa shape index (κ1) is 13.5. The Labute approximate surface area is 97.8 Å². The summed E-state index contributed by atoms with van der Waals surface area (Å²) in [5, 5.41) is 9.01. The zero-order valence-electron chi connectivity index (χ0n) is 10.5. The molecule has 1 aliphatic heterocycles. The Morgan fingerprint density at radius 3 is 2.69 bits per heavy atom. The number of hydrogen-bond acceptors (Lipinski definition) is 3. The van der Waals surface area contributed by atoms with Gasteiger partial charge < -0.3 is 10.8 Å². The van der Waals surface area contributed by atoms with Crippen LogP contribution >= 0.6 is 0 Å². The third-order valence-corrected chi connectivity index (χ3v) is 4.14. The van der Waals surface area contributed by atoms with E-state index in [1.54, 1.807) is 6.92 Å². The van der Waals surface area contributed by atoms with Gasteiger partial charge in [0.1, 0.15) is 0 Å². The number of carboxylic acid groups (broad SMARTS) is 1. The van der Waals surface area contributed by atoms with Crippen molar-refractivity contribution in [2.24, 2.45) is 23.5 Å². The molecule has 0 aromatic carbocycles. The van der Waals surface area contributed by atoms with E-state index < -0.39 is 5.97 Å². The first-order valence-electron chi connectivity index (χ1n) is 6.14. The van der Waals surface area contributed by atoms with Gasteiger partial charge in [0.15, 0.2) is 0 Å². The van der Waals surface area contributed by atoms with Gasteiger partial charge in [-0.1, -0.05) is 13.8 Å². The van der Waals surface area contributed by atoms with Gasteiger partial charge in [-0.15, -0.1) is 0 Å². The molecule has 4 heteroatoms. The topological polar surface area (TPSA) is 66.6 Å². The lowest BCUT2D eigenvalue weighted by Crippen LogP contribution is -2.49. The molecule has 4 nitrogen and oxygen atoms in total. The van der Waals surface area contributed by atoms with Gasteiger partial charge in [-0.3, -0.25) is 9.69 Å². The molecule has 0 spiro atoms. The normalized spacial score (nSPS) is 31.0. The molecule has 1 fully saturated rings. The maximum absolute atomic E-state index is 10.9. The number of rotatable bonds is 4. The average Bonchev–Trinajstić information content (AvgIpc) is 2.27. The van der Waals surface area contributed by atoms with Crippen LogP contribution in [0.3, 0.4) is 0 Å². The summed E-state index contributed by atoms with van der Waals surface area (Å²) in [5.74, 6) is 0.146. The summed E-state index contributed by atoms with van der Waals surface area (Å²) in [6, 6.07) is 0.0963. The average molecular weight is 228 g/mol. The molecule has 0 bridgehead atoms. The number of carbonyl (C=O) groups is 1. The molecule has 0 radical (unpaired) electrons. The Kier molecular flexibility index (Phi) is 4.74. The molecule has 1 aliphatic rings. The van der Waals surface area contributed by atoms with Crippen LogP contribution in [0.2, 0.25) is 0 Å². The van der Waals surface area contributed by atoms with Gasteiger partial charge in [0.25, 0.3) is 0 Å². The molecule has 0 aromatic heterocycles. The van der Waals surface area contributed by atoms with Crippen LogP contribution in [-0.4, -0.2) is 41.7 Å². The molecule has 0 aliphatic carbocycles. The summed E-state index contributed by atoms with van der Waals surface area (Å²) in [7, 11) is 0. The van der Waals surface area contributed by atoms with Crippen molar-refractivity contribution in [2.45, 2.75) is 33.2 Å². The lowest BCUT2D eigenvalue weighted by Gasteiger charge is -2.41. The van der Waals surface area contributed by atoms with Gasteiger partial charge in [-0.25, -0.2) is 0 Å². The standard InChI is InChI=1S/C12H24N2O2/c1-8-4-5-14(7-11(8)6-13)10(3)9(2)12(15)16/h8-11H,4-7,13H2,1-3H3,(H,15,16). The minimum Gasteiger partial charge on any atom is -0.481 e. The Morgan fingerprint density at radius 2 is 2.19 bits per heavy atom. The van der Waals surface area contributed by atoms with Crippen LogP contribution in [0.1, 0.15) is 27.2 Å². The van der Waals surface area contributed by atoms with E-state index >= 15 is 0 Å². The maximum atomic E-state index is 10.9. The molecule has 94 valence electrons. The van der Waals surface area contributed by atoms with Gasteiger partial charge in [0.05, 0.1) is 5.92 Å². The fraction of sp³-hybridized carbons (Fsp3) is 0.917. The van der Waals surface area contributed by atoms with Crippen molar-refractivity contribution in [3.05, 3.63) is 0 Å². The first-order valence-corrected chi connectivity index (χ1v) is 6.14. The van der Waals surface area contributed by atoms with E-state index in [0.717, 1.165) is 19.5 Å². The lowest BCUT2D eigenvalue weighted by atomic mass is 9.85. The highest BCUT2D eigenvalue weighted by Gasteiger charge is 2.31. The van der Waals surface area contributed by atoms with Gasteiger partial charge in [0.2, 0.25) is 0 Å².